The summed E-state index contributed by atoms with van der Waals surface area (Å²) in [6.45, 7) is 6.82. The van der Waals surface area contributed by atoms with Crippen LogP contribution in [0.15, 0.2) is 0 Å². The van der Waals surface area contributed by atoms with Crippen LogP contribution in [0.2, 0.25) is 0 Å². The first kappa shape index (κ1) is 13.8. The predicted octanol–water partition coefficient (Wildman–Crippen LogP) is 3.22. The van der Waals surface area contributed by atoms with Crippen molar-refractivity contribution in [3.8, 4) is 0 Å². The summed E-state index contributed by atoms with van der Waals surface area (Å²) in [7, 11) is 4.21. The third-order valence-electron chi connectivity index (χ3n) is 4.17. The first-order chi connectivity index (χ1) is 8.54. The van der Waals surface area contributed by atoms with Gasteiger partial charge in [0.25, 0.3) is 0 Å². The van der Waals surface area contributed by atoms with Crippen molar-refractivity contribution in [2.24, 2.45) is 5.92 Å². The van der Waals surface area contributed by atoms with Gasteiger partial charge in [0.2, 0.25) is 0 Å². The molecule has 3 nitrogen and oxygen atoms in total. The van der Waals surface area contributed by atoms with Crippen molar-refractivity contribution in [2.75, 3.05) is 19.0 Å². The van der Waals surface area contributed by atoms with Crippen molar-refractivity contribution in [1.82, 2.24) is 10.3 Å². The highest BCUT2D eigenvalue weighted by molar-refractivity contribution is 7.15. The summed E-state index contributed by atoms with van der Waals surface area (Å²) < 4.78 is 0. The predicted molar refractivity (Wildman–Crippen MR) is 79.6 cm³/mol. The Morgan fingerprint density at radius 2 is 2.11 bits per heavy atom. The first-order valence-electron chi connectivity index (χ1n) is 6.94. The molecule has 1 aliphatic rings. The van der Waals surface area contributed by atoms with Crippen molar-refractivity contribution in [2.45, 2.75) is 52.1 Å². The molecule has 0 aliphatic heterocycles. The Bertz CT molecular complexity index is 400. The molecular formula is C14H25N3S. The molecule has 1 aromatic heterocycles. The van der Waals surface area contributed by atoms with Crippen molar-refractivity contribution in [1.29, 1.82) is 0 Å². The van der Waals surface area contributed by atoms with E-state index in [1.807, 2.05) is 18.4 Å². The zero-order valence-electron chi connectivity index (χ0n) is 12.2. The lowest BCUT2D eigenvalue weighted by atomic mass is 9.98. The average molecular weight is 267 g/mol. The van der Waals surface area contributed by atoms with Crippen LogP contribution in [0.1, 0.15) is 50.2 Å². The van der Waals surface area contributed by atoms with Gasteiger partial charge in [-0.05, 0) is 39.2 Å². The highest BCUT2D eigenvalue weighted by atomic mass is 32.1. The fourth-order valence-corrected chi connectivity index (χ4v) is 3.67. The molecular weight excluding hydrogens is 242 g/mol. The lowest BCUT2D eigenvalue weighted by Crippen LogP contribution is -2.33. The zero-order valence-corrected chi connectivity index (χ0v) is 13.0. The second-order valence-corrected chi connectivity index (χ2v) is 6.70. The highest BCUT2D eigenvalue weighted by Gasteiger charge is 2.25. The number of rotatable bonds is 4. The molecule has 102 valence electrons. The highest BCUT2D eigenvalue weighted by Crippen LogP contribution is 2.37. The van der Waals surface area contributed by atoms with Crippen LogP contribution in [0.3, 0.4) is 0 Å². The van der Waals surface area contributed by atoms with Gasteiger partial charge in [0, 0.05) is 18.0 Å². The summed E-state index contributed by atoms with van der Waals surface area (Å²) in [4.78, 5) is 8.71. The standard InChI is InChI=1S/C14H25N3S/c1-9(2)10(3)17(5)14-16-13-11(15-4)7-6-8-12(13)18-14/h9-11,15H,6-8H2,1-5H3. The molecule has 18 heavy (non-hydrogen) atoms. The lowest BCUT2D eigenvalue weighted by Gasteiger charge is -2.27. The number of nitrogens with zero attached hydrogens (tertiary/aromatic N) is 2. The quantitative estimate of drug-likeness (QED) is 0.908. The maximum Gasteiger partial charge on any atom is 0.185 e. The number of fused-ring (bicyclic) bond motifs is 1. The Hall–Kier alpha value is -0.610. The fourth-order valence-electron chi connectivity index (χ4n) is 2.46. The van der Waals surface area contributed by atoms with Gasteiger partial charge < -0.3 is 10.2 Å². The molecule has 0 saturated heterocycles. The van der Waals surface area contributed by atoms with Crippen LogP contribution in [0, 0.1) is 5.92 Å². The summed E-state index contributed by atoms with van der Waals surface area (Å²) in [6.07, 6.45) is 3.70. The number of hydrogen-bond acceptors (Lipinski definition) is 4. The molecule has 1 N–H and O–H groups in total. The van der Waals surface area contributed by atoms with E-state index in [0.29, 0.717) is 18.0 Å². The summed E-state index contributed by atoms with van der Waals surface area (Å²) in [5, 5.41) is 4.57. The van der Waals surface area contributed by atoms with Crippen molar-refractivity contribution < 1.29 is 0 Å². The number of aryl methyl sites for hydroxylation is 1. The second-order valence-electron chi connectivity index (χ2n) is 5.63. The molecule has 2 atom stereocenters. The van der Waals surface area contributed by atoms with E-state index in [1.54, 1.807) is 0 Å². The minimum absolute atomic E-state index is 0.460. The monoisotopic (exact) mass is 267 g/mol. The molecule has 4 heteroatoms. The number of nitrogens with one attached hydrogen (secondary N) is 1. The van der Waals surface area contributed by atoms with Gasteiger partial charge in [0.15, 0.2) is 5.13 Å². The number of hydrogen-bond donors (Lipinski definition) is 1. The Morgan fingerprint density at radius 1 is 1.39 bits per heavy atom. The van der Waals surface area contributed by atoms with Crippen LogP contribution in [-0.4, -0.2) is 25.1 Å². The molecule has 0 amide bonds. The number of thiazole rings is 1. The van der Waals surface area contributed by atoms with Gasteiger partial charge in [0.1, 0.15) is 0 Å². The van der Waals surface area contributed by atoms with E-state index in [2.05, 4.69) is 38.0 Å². The van der Waals surface area contributed by atoms with Gasteiger partial charge in [-0.2, -0.15) is 0 Å². The van der Waals surface area contributed by atoms with E-state index >= 15 is 0 Å². The van der Waals surface area contributed by atoms with Gasteiger partial charge in [-0.1, -0.05) is 13.8 Å². The molecule has 0 saturated carbocycles. The van der Waals surface area contributed by atoms with E-state index in [1.165, 1.54) is 35.0 Å². The minimum atomic E-state index is 0.460. The van der Waals surface area contributed by atoms with Crippen molar-refractivity contribution in [3.63, 3.8) is 0 Å². The fraction of sp³-hybridized carbons (Fsp3) is 0.786. The molecule has 0 bridgehead atoms. The second kappa shape index (κ2) is 5.57. The van der Waals surface area contributed by atoms with E-state index < -0.39 is 0 Å². The Labute approximate surface area is 115 Å². The van der Waals surface area contributed by atoms with Gasteiger partial charge >= 0.3 is 0 Å². The van der Waals surface area contributed by atoms with Gasteiger partial charge in [0.05, 0.1) is 11.7 Å². The zero-order chi connectivity index (χ0) is 13.3. The summed E-state index contributed by atoms with van der Waals surface area (Å²) in [5.41, 5.74) is 1.30. The van der Waals surface area contributed by atoms with E-state index in [9.17, 15) is 0 Å². The smallest absolute Gasteiger partial charge is 0.185 e. The molecule has 0 fully saturated rings. The number of anilines is 1. The molecule has 0 radical (unpaired) electrons. The lowest BCUT2D eigenvalue weighted by molar-refractivity contribution is 0.485. The van der Waals surface area contributed by atoms with E-state index in [0.717, 1.165) is 0 Å². The van der Waals surface area contributed by atoms with Crippen LogP contribution < -0.4 is 10.2 Å². The van der Waals surface area contributed by atoms with Crippen LogP contribution in [0.5, 0.6) is 0 Å². The van der Waals surface area contributed by atoms with Crippen molar-refractivity contribution >= 4 is 16.5 Å². The largest absolute Gasteiger partial charge is 0.348 e. The van der Waals surface area contributed by atoms with Crippen LogP contribution in [0.4, 0.5) is 5.13 Å². The summed E-state index contributed by atoms with van der Waals surface area (Å²) in [5.74, 6) is 0.649. The molecule has 0 spiro atoms. The SMILES string of the molecule is CNC1CCCc2sc(N(C)C(C)C(C)C)nc21. The normalized spacial score (nSPS) is 20.9. The minimum Gasteiger partial charge on any atom is -0.348 e. The summed E-state index contributed by atoms with van der Waals surface area (Å²) >= 11 is 1.88. The third kappa shape index (κ3) is 2.54. The van der Waals surface area contributed by atoms with Crippen LogP contribution >= 0.6 is 11.3 Å². The number of aromatic nitrogens is 1. The Balaban J connectivity index is 2.23. The Kier molecular flexibility index (Phi) is 4.28. The molecule has 1 heterocycles. The molecule has 1 aromatic rings. The molecule has 0 aromatic carbocycles. The average Bonchev–Trinajstić information content (AvgIpc) is 2.80. The first-order valence-corrected chi connectivity index (χ1v) is 7.76. The van der Waals surface area contributed by atoms with Gasteiger partial charge in [-0.15, -0.1) is 11.3 Å². The molecule has 2 rings (SSSR count). The molecule has 1 aliphatic carbocycles. The van der Waals surface area contributed by atoms with Crippen molar-refractivity contribution in [3.05, 3.63) is 10.6 Å². The topological polar surface area (TPSA) is 28.2 Å². The molecule has 2 unspecified atom stereocenters. The third-order valence-corrected chi connectivity index (χ3v) is 5.39. The van der Waals surface area contributed by atoms with Crippen LogP contribution in [-0.2, 0) is 6.42 Å². The van der Waals surface area contributed by atoms with Crippen LogP contribution in [0.25, 0.3) is 0 Å². The van der Waals surface area contributed by atoms with Gasteiger partial charge in [-0.25, -0.2) is 4.98 Å². The maximum atomic E-state index is 4.89. The Morgan fingerprint density at radius 3 is 2.72 bits per heavy atom. The van der Waals surface area contributed by atoms with Gasteiger partial charge in [-0.3, -0.25) is 0 Å². The van der Waals surface area contributed by atoms with E-state index in [4.69, 9.17) is 4.98 Å². The van der Waals surface area contributed by atoms with E-state index in [-0.39, 0.29) is 0 Å². The summed E-state index contributed by atoms with van der Waals surface area (Å²) in [6, 6.07) is 0.993. The maximum absolute atomic E-state index is 4.89.